The van der Waals surface area contributed by atoms with Gasteiger partial charge >= 0.3 is 0 Å². The van der Waals surface area contributed by atoms with Crippen LogP contribution in [0.4, 0.5) is 11.4 Å². The summed E-state index contributed by atoms with van der Waals surface area (Å²) >= 11 is 0. The van der Waals surface area contributed by atoms with Crippen molar-refractivity contribution in [2.75, 3.05) is 30.7 Å². The summed E-state index contributed by atoms with van der Waals surface area (Å²) in [5.74, 6) is 0.0115. The van der Waals surface area contributed by atoms with Gasteiger partial charge in [0.15, 0.2) is 0 Å². The first-order valence-electron chi connectivity index (χ1n) is 6.32. The Balaban J connectivity index is 2.01. The van der Waals surface area contributed by atoms with Crippen LogP contribution in [0, 0.1) is 0 Å². The maximum Gasteiger partial charge on any atom is 0.241 e. The molecule has 2 rings (SSSR count). The maximum absolute atomic E-state index is 11.9. The Kier molecular flexibility index (Phi) is 4.15. The summed E-state index contributed by atoms with van der Waals surface area (Å²) in [5.41, 5.74) is 6.51. The molecule has 7 nitrogen and oxygen atoms in total. The van der Waals surface area contributed by atoms with Gasteiger partial charge in [-0.1, -0.05) is 0 Å². The zero-order chi connectivity index (χ0) is 14.8. The average Bonchev–Trinajstić information content (AvgIpc) is 2.89. The van der Waals surface area contributed by atoms with Crippen molar-refractivity contribution < 1.29 is 13.2 Å². The third-order valence-electron chi connectivity index (χ3n) is 3.24. The Morgan fingerprint density at radius 2 is 1.95 bits per heavy atom. The van der Waals surface area contributed by atoms with Gasteiger partial charge in [-0.2, -0.15) is 0 Å². The topological polar surface area (TPSA) is 119 Å². The van der Waals surface area contributed by atoms with Crippen molar-refractivity contribution in [1.29, 1.82) is 0 Å². The Labute approximate surface area is 118 Å². The minimum atomic E-state index is -3.77. The molecule has 5 N–H and O–H groups in total. The normalized spacial score (nSPS) is 15.3. The molecule has 20 heavy (non-hydrogen) atoms. The van der Waals surface area contributed by atoms with E-state index < -0.39 is 10.0 Å². The number of hydrogen-bond donors (Lipinski definition) is 3. The van der Waals surface area contributed by atoms with Crippen LogP contribution in [0.2, 0.25) is 0 Å². The predicted octanol–water partition coefficient (Wildman–Crippen LogP) is -0.0495. The number of carbonyl (C=O) groups is 1. The van der Waals surface area contributed by atoms with E-state index in [1.54, 1.807) is 4.90 Å². The fourth-order valence-corrected chi connectivity index (χ4v) is 2.68. The molecule has 8 heteroatoms. The Bertz CT molecular complexity index is 609. The van der Waals surface area contributed by atoms with Crippen molar-refractivity contribution in [1.82, 2.24) is 4.90 Å². The minimum Gasteiger partial charge on any atom is -0.397 e. The molecule has 0 saturated carbocycles. The van der Waals surface area contributed by atoms with E-state index in [9.17, 15) is 13.2 Å². The molecule has 1 heterocycles. The number of primary sulfonamides is 1. The molecule has 1 amide bonds. The zero-order valence-electron chi connectivity index (χ0n) is 11.0. The number of sulfonamides is 1. The van der Waals surface area contributed by atoms with Gasteiger partial charge in [0.2, 0.25) is 15.9 Å². The number of nitrogen functional groups attached to an aromatic ring is 1. The highest BCUT2D eigenvalue weighted by molar-refractivity contribution is 7.89. The summed E-state index contributed by atoms with van der Waals surface area (Å²) in [6.45, 7) is 1.72. The molecule has 1 aliphatic heterocycles. The molecule has 1 fully saturated rings. The van der Waals surface area contributed by atoms with E-state index in [1.807, 2.05) is 0 Å². The third-order valence-corrected chi connectivity index (χ3v) is 4.15. The fourth-order valence-electron chi connectivity index (χ4n) is 2.13. The van der Waals surface area contributed by atoms with E-state index in [-0.39, 0.29) is 23.0 Å². The largest absolute Gasteiger partial charge is 0.397 e. The molecule has 0 aromatic heterocycles. The number of nitrogens with zero attached hydrogens (tertiary/aromatic N) is 1. The van der Waals surface area contributed by atoms with Crippen molar-refractivity contribution in [2.45, 2.75) is 17.7 Å². The lowest BCUT2D eigenvalue weighted by Crippen LogP contribution is -2.33. The first-order valence-corrected chi connectivity index (χ1v) is 7.86. The highest BCUT2D eigenvalue weighted by Crippen LogP contribution is 2.21. The quantitative estimate of drug-likeness (QED) is 0.673. The van der Waals surface area contributed by atoms with Gasteiger partial charge in [-0.25, -0.2) is 13.6 Å². The van der Waals surface area contributed by atoms with Gasteiger partial charge in [0.05, 0.1) is 22.8 Å². The summed E-state index contributed by atoms with van der Waals surface area (Å²) in [6.07, 6.45) is 2.08. The van der Waals surface area contributed by atoms with Crippen molar-refractivity contribution >= 4 is 27.3 Å². The minimum absolute atomic E-state index is 0.0115. The summed E-state index contributed by atoms with van der Waals surface area (Å²) in [4.78, 5) is 13.6. The van der Waals surface area contributed by atoms with Crippen molar-refractivity contribution in [3.63, 3.8) is 0 Å². The van der Waals surface area contributed by atoms with Gasteiger partial charge in [0.25, 0.3) is 0 Å². The predicted molar refractivity (Wildman–Crippen MR) is 76.5 cm³/mol. The van der Waals surface area contributed by atoms with Crippen molar-refractivity contribution in [3.8, 4) is 0 Å². The smallest absolute Gasteiger partial charge is 0.241 e. The van der Waals surface area contributed by atoms with Crippen LogP contribution in [-0.4, -0.2) is 38.9 Å². The highest BCUT2D eigenvalue weighted by Gasteiger charge is 2.17. The van der Waals surface area contributed by atoms with Gasteiger partial charge < -0.3 is 16.0 Å². The van der Waals surface area contributed by atoms with E-state index in [0.29, 0.717) is 5.69 Å². The summed E-state index contributed by atoms with van der Waals surface area (Å²) in [5, 5.41) is 7.93. The molecule has 1 aliphatic rings. The van der Waals surface area contributed by atoms with E-state index in [4.69, 9.17) is 10.9 Å². The molecule has 1 aromatic rings. The molecular weight excluding hydrogens is 280 g/mol. The molecule has 0 spiro atoms. The fraction of sp³-hybridized carbons (Fsp3) is 0.417. The van der Waals surface area contributed by atoms with Gasteiger partial charge in [-0.05, 0) is 31.0 Å². The average molecular weight is 298 g/mol. The van der Waals surface area contributed by atoms with Crippen LogP contribution in [0.5, 0.6) is 0 Å². The number of carbonyl (C=O) groups excluding carboxylic acids is 1. The van der Waals surface area contributed by atoms with Crippen LogP contribution >= 0.6 is 0 Å². The van der Waals surface area contributed by atoms with E-state index in [1.165, 1.54) is 18.2 Å². The summed E-state index contributed by atoms with van der Waals surface area (Å²) < 4.78 is 22.4. The zero-order valence-corrected chi connectivity index (χ0v) is 11.8. The number of likely N-dealkylation sites (tertiary alicyclic amines) is 1. The number of nitrogens with one attached hydrogen (secondary N) is 1. The number of anilines is 2. The van der Waals surface area contributed by atoms with E-state index in [2.05, 4.69) is 5.32 Å². The van der Waals surface area contributed by atoms with Crippen LogP contribution in [0.3, 0.4) is 0 Å². The monoisotopic (exact) mass is 298 g/mol. The lowest BCUT2D eigenvalue weighted by molar-refractivity contribution is -0.128. The lowest BCUT2D eigenvalue weighted by atomic mass is 10.2. The molecule has 110 valence electrons. The van der Waals surface area contributed by atoms with Crippen LogP contribution in [-0.2, 0) is 14.8 Å². The number of amides is 1. The van der Waals surface area contributed by atoms with E-state index >= 15 is 0 Å². The molecule has 0 unspecified atom stereocenters. The first kappa shape index (κ1) is 14.6. The first-order chi connectivity index (χ1) is 9.38. The number of rotatable bonds is 4. The number of nitrogens with two attached hydrogens (primary N) is 2. The highest BCUT2D eigenvalue weighted by atomic mass is 32.2. The van der Waals surface area contributed by atoms with Crippen LogP contribution in [0.25, 0.3) is 0 Å². The standard InChI is InChI=1S/C12H18N4O3S/c13-10-7-9(20(14,18)19)3-4-11(10)15-8-12(17)16-5-1-2-6-16/h3-4,7,15H,1-2,5-6,8,13H2,(H2,14,18,19). The Morgan fingerprint density at radius 3 is 2.50 bits per heavy atom. The summed E-state index contributed by atoms with van der Waals surface area (Å²) in [7, 11) is -3.77. The van der Waals surface area contributed by atoms with Crippen LogP contribution in [0.15, 0.2) is 23.1 Å². The molecule has 0 aliphatic carbocycles. The van der Waals surface area contributed by atoms with Gasteiger partial charge in [0, 0.05) is 13.1 Å². The molecule has 1 aromatic carbocycles. The molecular formula is C12H18N4O3S. The van der Waals surface area contributed by atoms with Crippen molar-refractivity contribution in [3.05, 3.63) is 18.2 Å². The van der Waals surface area contributed by atoms with Gasteiger partial charge in [-0.3, -0.25) is 4.79 Å². The van der Waals surface area contributed by atoms with E-state index in [0.717, 1.165) is 25.9 Å². The Hall–Kier alpha value is -1.80. The molecule has 1 saturated heterocycles. The summed E-state index contributed by atoms with van der Waals surface area (Å²) in [6, 6.07) is 4.14. The SMILES string of the molecule is Nc1cc(S(N)(=O)=O)ccc1NCC(=O)N1CCCC1. The second-order valence-electron chi connectivity index (χ2n) is 4.74. The molecule has 0 bridgehead atoms. The lowest BCUT2D eigenvalue weighted by Gasteiger charge is -2.16. The number of benzene rings is 1. The van der Waals surface area contributed by atoms with Crippen LogP contribution < -0.4 is 16.2 Å². The molecule has 0 radical (unpaired) electrons. The van der Waals surface area contributed by atoms with Gasteiger partial charge in [0.1, 0.15) is 0 Å². The second-order valence-corrected chi connectivity index (χ2v) is 6.30. The number of hydrogen-bond acceptors (Lipinski definition) is 5. The van der Waals surface area contributed by atoms with Crippen molar-refractivity contribution in [2.24, 2.45) is 5.14 Å². The Morgan fingerprint density at radius 1 is 1.30 bits per heavy atom. The van der Waals surface area contributed by atoms with Crippen LogP contribution in [0.1, 0.15) is 12.8 Å². The second kappa shape index (κ2) is 5.68. The van der Waals surface area contributed by atoms with Gasteiger partial charge in [-0.15, -0.1) is 0 Å². The maximum atomic E-state index is 11.9. The molecule has 0 atom stereocenters. The third kappa shape index (κ3) is 3.40.